The monoisotopic (exact) mass is 218 g/mol. The standard InChI is InChI=1S/C12H14N2O2/c13-8-4-5-10-9(7-8)14-12(16-10)11-3-1-2-6-15-11/h4-5,7,11H,1-3,6,13H2. The Hall–Kier alpha value is -1.55. The van der Waals surface area contributed by atoms with Crippen molar-refractivity contribution >= 4 is 16.8 Å². The minimum atomic E-state index is 0.0161. The van der Waals surface area contributed by atoms with Crippen LogP contribution in [0.25, 0.3) is 11.1 Å². The molecule has 0 spiro atoms. The fraction of sp³-hybridized carbons (Fsp3) is 0.417. The van der Waals surface area contributed by atoms with Crippen LogP contribution < -0.4 is 5.73 Å². The maximum Gasteiger partial charge on any atom is 0.224 e. The quantitative estimate of drug-likeness (QED) is 0.747. The first-order chi connectivity index (χ1) is 7.83. The molecule has 2 N–H and O–H groups in total. The third-order valence-corrected chi connectivity index (χ3v) is 2.88. The number of nitrogens with two attached hydrogens (primary N) is 1. The highest BCUT2D eigenvalue weighted by Gasteiger charge is 2.21. The molecule has 1 aromatic carbocycles. The van der Waals surface area contributed by atoms with Gasteiger partial charge < -0.3 is 14.9 Å². The minimum Gasteiger partial charge on any atom is -0.438 e. The molecule has 0 amide bonds. The number of ether oxygens (including phenoxy) is 1. The number of fused-ring (bicyclic) bond motifs is 1. The van der Waals surface area contributed by atoms with E-state index in [0.717, 1.165) is 30.5 Å². The molecule has 1 aliphatic heterocycles. The van der Waals surface area contributed by atoms with Crippen LogP contribution in [0.1, 0.15) is 31.3 Å². The highest BCUT2D eigenvalue weighted by Crippen LogP contribution is 2.30. The van der Waals surface area contributed by atoms with Gasteiger partial charge in [0.1, 0.15) is 11.6 Å². The topological polar surface area (TPSA) is 61.3 Å². The fourth-order valence-electron chi connectivity index (χ4n) is 2.04. The molecule has 1 aliphatic rings. The van der Waals surface area contributed by atoms with Gasteiger partial charge >= 0.3 is 0 Å². The number of aromatic nitrogens is 1. The van der Waals surface area contributed by atoms with Gasteiger partial charge in [0.05, 0.1) is 0 Å². The molecule has 4 heteroatoms. The predicted molar refractivity (Wildman–Crippen MR) is 61.0 cm³/mol. The van der Waals surface area contributed by atoms with Gasteiger partial charge in [-0.3, -0.25) is 0 Å². The van der Waals surface area contributed by atoms with E-state index in [-0.39, 0.29) is 6.10 Å². The number of oxazole rings is 1. The molecule has 2 aromatic rings. The second kappa shape index (κ2) is 3.79. The number of benzene rings is 1. The van der Waals surface area contributed by atoms with Crippen molar-refractivity contribution in [3.63, 3.8) is 0 Å². The van der Waals surface area contributed by atoms with Gasteiger partial charge in [-0.15, -0.1) is 0 Å². The zero-order valence-electron chi connectivity index (χ0n) is 8.98. The van der Waals surface area contributed by atoms with Crippen LogP contribution in [-0.2, 0) is 4.74 Å². The lowest BCUT2D eigenvalue weighted by molar-refractivity contribution is -0.000553. The summed E-state index contributed by atoms with van der Waals surface area (Å²) < 4.78 is 11.3. The summed E-state index contributed by atoms with van der Waals surface area (Å²) in [7, 11) is 0. The Bertz CT molecular complexity index is 501. The Balaban J connectivity index is 1.97. The van der Waals surface area contributed by atoms with E-state index in [0.29, 0.717) is 11.6 Å². The molecule has 1 fully saturated rings. The molecule has 1 aromatic heterocycles. The van der Waals surface area contributed by atoms with Gasteiger partial charge in [0.15, 0.2) is 5.58 Å². The van der Waals surface area contributed by atoms with Gasteiger partial charge in [0, 0.05) is 12.3 Å². The van der Waals surface area contributed by atoms with E-state index >= 15 is 0 Å². The lowest BCUT2D eigenvalue weighted by Gasteiger charge is -2.19. The smallest absolute Gasteiger partial charge is 0.224 e. The molecule has 1 saturated heterocycles. The molecule has 1 atom stereocenters. The van der Waals surface area contributed by atoms with E-state index in [2.05, 4.69) is 4.98 Å². The van der Waals surface area contributed by atoms with Crippen molar-refractivity contribution in [2.45, 2.75) is 25.4 Å². The summed E-state index contributed by atoms with van der Waals surface area (Å²) in [4.78, 5) is 4.43. The molecule has 1 unspecified atom stereocenters. The third kappa shape index (κ3) is 1.65. The van der Waals surface area contributed by atoms with Crippen molar-refractivity contribution < 1.29 is 9.15 Å². The second-order valence-electron chi connectivity index (χ2n) is 4.13. The van der Waals surface area contributed by atoms with Crippen LogP contribution in [0.2, 0.25) is 0 Å². The average Bonchev–Trinajstić information content (AvgIpc) is 2.73. The Kier molecular flexibility index (Phi) is 2.29. The Labute approximate surface area is 93.4 Å². The Morgan fingerprint density at radius 1 is 1.31 bits per heavy atom. The molecule has 0 radical (unpaired) electrons. The van der Waals surface area contributed by atoms with Crippen LogP contribution in [-0.4, -0.2) is 11.6 Å². The molecular weight excluding hydrogens is 204 g/mol. The SMILES string of the molecule is Nc1ccc2oc(C3CCCCO3)nc2c1. The van der Waals surface area contributed by atoms with Crippen LogP contribution >= 0.6 is 0 Å². The molecule has 0 saturated carbocycles. The largest absolute Gasteiger partial charge is 0.438 e. The highest BCUT2D eigenvalue weighted by molar-refractivity contribution is 5.76. The zero-order chi connectivity index (χ0) is 11.0. The van der Waals surface area contributed by atoms with Crippen molar-refractivity contribution in [3.05, 3.63) is 24.1 Å². The molecule has 2 heterocycles. The van der Waals surface area contributed by atoms with Crippen molar-refractivity contribution in [2.75, 3.05) is 12.3 Å². The number of anilines is 1. The van der Waals surface area contributed by atoms with E-state index < -0.39 is 0 Å². The minimum absolute atomic E-state index is 0.0161. The number of rotatable bonds is 1. The number of nitrogens with zero attached hydrogens (tertiary/aromatic N) is 1. The average molecular weight is 218 g/mol. The van der Waals surface area contributed by atoms with Crippen LogP contribution in [0.15, 0.2) is 22.6 Å². The number of hydrogen-bond donors (Lipinski definition) is 1. The first kappa shape index (κ1) is 9.66. The van der Waals surface area contributed by atoms with E-state index in [1.165, 1.54) is 6.42 Å². The van der Waals surface area contributed by atoms with Crippen LogP contribution in [0.5, 0.6) is 0 Å². The predicted octanol–water partition coefficient (Wildman–Crippen LogP) is 2.65. The summed E-state index contributed by atoms with van der Waals surface area (Å²) in [6.45, 7) is 0.797. The van der Waals surface area contributed by atoms with Gasteiger partial charge in [0.2, 0.25) is 5.89 Å². The van der Waals surface area contributed by atoms with Crippen molar-refractivity contribution in [1.29, 1.82) is 0 Å². The van der Waals surface area contributed by atoms with Gasteiger partial charge in [-0.2, -0.15) is 0 Å². The normalized spacial score (nSPS) is 21.4. The lowest BCUT2D eigenvalue weighted by atomic mass is 10.1. The van der Waals surface area contributed by atoms with E-state index in [4.69, 9.17) is 14.9 Å². The Morgan fingerprint density at radius 3 is 3.06 bits per heavy atom. The summed E-state index contributed by atoms with van der Waals surface area (Å²) in [5.41, 5.74) is 7.99. The van der Waals surface area contributed by atoms with E-state index in [9.17, 15) is 0 Å². The summed E-state index contributed by atoms with van der Waals surface area (Å²) in [5.74, 6) is 0.681. The van der Waals surface area contributed by atoms with Gasteiger partial charge in [-0.1, -0.05) is 0 Å². The molecule has 4 nitrogen and oxygen atoms in total. The van der Waals surface area contributed by atoms with Crippen LogP contribution in [0.3, 0.4) is 0 Å². The van der Waals surface area contributed by atoms with Crippen LogP contribution in [0, 0.1) is 0 Å². The van der Waals surface area contributed by atoms with Crippen molar-refractivity contribution in [3.8, 4) is 0 Å². The maximum atomic E-state index is 5.70. The molecular formula is C12H14N2O2. The van der Waals surface area contributed by atoms with Crippen molar-refractivity contribution in [2.24, 2.45) is 0 Å². The third-order valence-electron chi connectivity index (χ3n) is 2.88. The molecule has 0 aliphatic carbocycles. The van der Waals surface area contributed by atoms with E-state index in [1.807, 2.05) is 18.2 Å². The summed E-state index contributed by atoms with van der Waals surface area (Å²) in [6.07, 6.45) is 3.31. The van der Waals surface area contributed by atoms with Crippen molar-refractivity contribution in [1.82, 2.24) is 4.98 Å². The van der Waals surface area contributed by atoms with Crippen LogP contribution in [0.4, 0.5) is 5.69 Å². The Morgan fingerprint density at radius 2 is 2.25 bits per heavy atom. The zero-order valence-corrected chi connectivity index (χ0v) is 8.98. The second-order valence-corrected chi connectivity index (χ2v) is 4.13. The van der Waals surface area contributed by atoms with Gasteiger partial charge in [-0.05, 0) is 37.5 Å². The number of hydrogen-bond acceptors (Lipinski definition) is 4. The van der Waals surface area contributed by atoms with Gasteiger partial charge in [-0.25, -0.2) is 4.98 Å². The summed E-state index contributed by atoms with van der Waals surface area (Å²) in [5, 5.41) is 0. The molecule has 3 rings (SSSR count). The molecule has 16 heavy (non-hydrogen) atoms. The number of nitrogen functional groups attached to an aromatic ring is 1. The summed E-state index contributed by atoms with van der Waals surface area (Å²) in [6, 6.07) is 5.49. The van der Waals surface area contributed by atoms with E-state index in [1.54, 1.807) is 0 Å². The summed E-state index contributed by atoms with van der Waals surface area (Å²) >= 11 is 0. The first-order valence-corrected chi connectivity index (χ1v) is 5.60. The molecule has 0 bridgehead atoms. The lowest BCUT2D eigenvalue weighted by Crippen LogP contribution is -2.11. The van der Waals surface area contributed by atoms with Gasteiger partial charge in [0.25, 0.3) is 0 Å². The first-order valence-electron chi connectivity index (χ1n) is 5.60. The molecule has 84 valence electrons. The maximum absolute atomic E-state index is 5.70. The fourth-order valence-corrected chi connectivity index (χ4v) is 2.04. The highest BCUT2D eigenvalue weighted by atomic mass is 16.5.